The van der Waals surface area contributed by atoms with E-state index in [0.717, 1.165) is 49.7 Å². The first-order chi connectivity index (χ1) is 11.3. The number of morpholine rings is 1. The van der Waals surface area contributed by atoms with E-state index in [0.29, 0.717) is 12.6 Å². The minimum Gasteiger partial charge on any atom is -0.378 e. The molecule has 0 radical (unpaired) electrons. The van der Waals surface area contributed by atoms with E-state index in [-0.39, 0.29) is 0 Å². The number of aromatic nitrogens is 5. The largest absolute Gasteiger partial charge is 0.378 e. The normalized spacial score (nSPS) is 18.2. The average molecular weight is 315 g/mol. The molecule has 1 saturated carbocycles. The molecule has 2 aromatic heterocycles. The van der Waals surface area contributed by atoms with Crippen molar-refractivity contribution in [2.24, 2.45) is 0 Å². The summed E-state index contributed by atoms with van der Waals surface area (Å²) in [5.74, 6) is 3.51. The van der Waals surface area contributed by atoms with Crippen molar-refractivity contribution in [3.8, 4) is 0 Å². The Hall–Kier alpha value is -2.22. The van der Waals surface area contributed by atoms with Gasteiger partial charge in [-0.3, -0.25) is 0 Å². The summed E-state index contributed by atoms with van der Waals surface area (Å²) in [7, 11) is 0. The van der Waals surface area contributed by atoms with Gasteiger partial charge in [-0.1, -0.05) is 0 Å². The van der Waals surface area contributed by atoms with E-state index in [4.69, 9.17) is 4.74 Å². The molecule has 4 rings (SSSR count). The van der Waals surface area contributed by atoms with Gasteiger partial charge in [0.15, 0.2) is 5.82 Å². The van der Waals surface area contributed by atoms with Crippen molar-refractivity contribution in [3.63, 3.8) is 0 Å². The van der Waals surface area contributed by atoms with E-state index >= 15 is 0 Å². The lowest BCUT2D eigenvalue weighted by atomic mass is 10.4. The summed E-state index contributed by atoms with van der Waals surface area (Å²) in [6.07, 6.45) is 4.23. The Bertz CT molecular complexity index is 676. The van der Waals surface area contributed by atoms with Crippen molar-refractivity contribution in [2.75, 3.05) is 36.5 Å². The second-order valence-electron chi connectivity index (χ2n) is 5.96. The molecule has 2 aromatic rings. The summed E-state index contributed by atoms with van der Waals surface area (Å²) < 4.78 is 7.60. The third-order valence-electron chi connectivity index (χ3n) is 4.21. The second kappa shape index (κ2) is 6.11. The number of hydrogen-bond donors (Lipinski definition) is 1. The van der Waals surface area contributed by atoms with Crippen LogP contribution in [0.15, 0.2) is 12.3 Å². The van der Waals surface area contributed by atoms with E-state index in [1.165, 1.54) is 12.8 Å². The van der Waals surface area contributed by atoms with Crippen LogP contribution in [0.3, 0.4) is 0 Å². The van der Waals surface area contributed by atoms with Crippen LogP contribution in [-0.2, 0) is 11.3 Å². The van der Waals surface area contributed by atoms with Crippen LogP contribution >= 0.6 is 0 Å². The predicted molar refractivity (Wildman–Crippen MR) is 85.4 cm³/mol. The molecular formula is C15H21N7O. The van der Waals surface area contributed by atoms with Gasteiger partial charge < -0.3 is 19.5 Å². The molecule has 2 fully saturated rings. The molecule has 1 aliphatic heterocycles. The Labute approximate surface area is 134 Å². The van der Waals surface area contributed by atoms with Gasteiger partial charge in [0.25, 0.3) is 0 Å². The van der Waals surface area contributed by atoms with Crippen molar-refractivity contribution in [2.45, 2.75) is 32.4 Å². The zero-order chi connectivity index (χ0) is 15.6. The molecule has 3 heterocycles. The van der Waals surface area contributed by atoms with Crippen molar-refractivity contribution in [3.05, 3.63) is 23.9 Å². The summed E-state index contributed by atoms with van der Waals surface area (Å²) in [6.45, 7) is 5.75. The first-order valence-corrected chi connectivity index (χ1v) is 8.11. The highest BCUT2D eigenvalue weighted by molar-refractivity contribution is 5.41. The Morgan fingerprint density at radius 3 is 2.87 bits per heavy atom. The van der Waals surface area contributed by atoms with Gasteiger partial charge >= 0.3 is 0 Å². The van der Waals surface area contributed by atoms with Crippen molar-refractivity contribution in [1.29, 1.82) is 0 Å². The van der Waals surface area contributed by atoms with Crippen LogP contribution in [0.4, 0.5) is 11.8 Å². The standard InChI is InChI=1S/C15H21N7O/c1-11-19-20-14(22(11)12-2-3-12)10-17-13-4-5-16-15(18-13)21-6-8-23-9-7-21/h4-5,12H,2-3,6-10H2,1H3,(H,16,17,18). The van der Waals surface area contributed by atoms with Crippen LogP contribution < -0.4 is 10.2 Å². The maximum absolute atomic E-state index is 5.37. The lowest BCUT2D eigenvalue weighted by Gasteiger charge is -2.26. The molecule has 122 valence electrons. The molecule has 1 aliphatic carbocycles. The quantitative estimate of drug-likeness (QED) is 0.886. The molecule has 8 heteroatoms. The number of nitrogens with zero attached hydrogens (tertiary/aromatic N) is 6. The first kappa shape index (κ1) is 14.4. The zero-order valence-corrected chi connectivity index (χ0v) is 13.3. The highest BCUT2D eigenvalue weighted by Gasteiger charge is 2.28. The van der Waals surface area contributed by atoms with Crippen molar-refractivity contribution < 1.29 is 4.74 Å². The van der Waals surface area contributed by atoms with Crippen LogP contribution in [0.5, 0.6) is 0 Å². The van der Waals surface area contributed by atoms with Crippen LogP contribution in [0.1, 0.15) is 30.5 Å². The second-order valence-corrected chi connectivity index (χ2v) is 5.96. The number of hydrogen-bond acceptors (Lipinski definition) is 7. The topological polar surface area (TPSA) is 81.0 Å². The molecule has 8 nitrogen and oxygen atoms in total. The Balaban J connectivity index is 1.45. The molecule has 2 aliphatic rings. The number of aryl methyl sites for hydroxylation is 1. The monoisotopic (exact) mass is 315 g/mol. The van der Waals surface area contributed by atoms with Crippen molar-refractivity contribution >= 4 is 11.8 Å². The summed E-state index contributed by atoms with van der Waals surface area (Å²) >= 11 is 0. The van der Waals surface area contributed by atoms with Gasteiger partial charge in [-0.2, -0.15) is 4.98 Å². The molecule has 1 N–H and O–H groups in total. The Morgan fingerprint density at radius 2 is 2.09 bits per heavy atom. The summed E-state index contributed by atoms with van der Waals surface area (Å²) in [4.78, 5) is 11.1. The van der Waals surface area contributed by atoms with Crippen molar-refractivity contribution in [1.82, 2.24) is 24.7 Å². The molecule has 23 heavy (non-hydrogen) atoms. The summed E-state index contributed by atoms with van der Waals surface area (Å²) in [5.41, 5.74) is 0. The number of ether oxygens (including phenoxy) is 1. The fraction of sp³-hybridized carbons (Fsp3) is 0.600. The summed E-state index contributed by atoms with van der Waals surface area (Å²) in [6, 6.07) is 2.46. The minimum atomic E-state index is 0.580. The molecule has 0 unspecified atom stereocenters. The fourth-order valence-electron chi connectivity index (χ4n) is 2.87. The lowest BCUT2D eigenvalue weighted by molar-refractivity contribution is 0.122. The minimum absolute atomic E-state index is 0.580. The molecule has 0 atom stereocenters. The van der Waals surface area contributed by atoms with Gasteiger partial charge in [0.2, 0.25) is 5.95 Å². The summed E-state index contributed by atoms with van der Waals surface area (Å²) in [5, 5.41) is 11.8. The molecule has 0 aromatic carbocycles. The van der Waals surface area contributed by atoms with E-state index in [1.54, 1.807) is 6.20 Å². The maximum atomic E-state index is 5.37. The van der Waals surface area contributed by atoms with E-state index in [9.17, 15) is 0 Å². The molecule has 0 amide bonds. The average Bonchev–Trinajstić information content (AvgIpc) is 3.37. The smallest absolute Gasteiger partial charge is 0.227 e. The van der Waals surface area contributed by atoms with Crippen LogP contribution in [0.2, 0.25) is 0 Å². The molecule has 1 saturated heterocycles. The lowest BCUT2D eigenvalue weighted by Crippen LogP contribution is -2.37. The first-order valence-electron chi connectivity index (χ1n) is 8.11. The van der Waals surface area contributed by atoms with Gasteiger partial charge in [0.1, 0.15) is 11.6 Å². The van der Waals surface area contributed by atoms with Gasteiger partial charge in [-0.05, 0) is 25.8 Å². The van der Waals surface area contributed by atoms with Gasteiger partial charge in [0, 0.05) is 25.3 Å². The highest BCUT2D eigenvalue weighted by atomic mass is 16.5. The molecular weight excluding hydrogens is 294 g/mol. The molecule has 0 bridgehead atoms. The number of anilines is 2. The van der Waals surface area contributed by atoms with E-state index in [2.05, 4.69) is 34.9 Å². The predicted octanol–water partition coefficient (Wildman–Crippen LogP) is 1.16. The fourth-order valence-corrected chi connectivity index (χ4v) is 2.87. The SMILES string of the molecule is Cc1nnc(CNc2ccnc(N3CCOCC3)n2)n1C1CC1. The number of rotatable bonds is 5. The Kier molecular flexibility index (Phi) is 3.82. The maximum Gasteiger partial charge on any atom is 0.227 e. The van der Waals surface area contributed by atoms with Crippen LogP contribution in [0.25, 0.3) is 0 Å². The van der Waals surface area contributed by atoms with Crippen LogP contribution in [-0.4, -0.2) is 51.0 Å². The van der Waals surface area contributed by atoms with Gasteiger partial charge in [-0.15, -0.1) is 10.2 Å². The number of nitrogens with one attached hydrogen (secondary N) is 1. The van der Waals surface area contributed by atoms with E-state index < -0.39 is 0 Å². The Morgan fingerprint density at radius 1 is 1.26 bits per heavy atom. The molecule has 0 spiro atoms. The van der Waals surface area contributed by atoms with Gasteiger partial charge in [-0.25, -0.2) is 4.98 Å². The highest BCUT2D eigenvalue weighted by Crippen LogP contribution is 2.36. The zero-order valence-electron chi connectivity index (χ0n) is 13.3. The van der Waals surface area contributed by atoms with Crippen LogP contribution in [0, 0.1) is 6.92 Å². The third-order valence-corrected chi connectivity index (χ3v) is 4.21. The third kappa shape index (κ3) is 3.12. The van der Waals surface area contributed by atoms with E-state index in [1.807, 2.05) is 13.0 Å². The van der Waals surface area contributed by atoms with Gasteiger partial charge in [0.05, 0.1) is 19.8 Å².